The van der Waals surface area contributed by atoms with Gasteiger partial charge in [0.1, 0.15) is 0 Å². The summed E-state index contributed by atoms with van der Waals surface area (Å²) in [6, 6.07) is -0.602. The third-order valence-electron chi connectivity index (χ3n) is 1.47. The van der Waals surface area contributed by atoms with Crippen LogP contribution in [0.15, 0.2) is 0 Å². The van der Waals surface area contributed by atoms with Crippen LogP contribution in [-0.4, -0.2) is 19.1 Å². The second-order valence-corrected chi connectivity index (χ2v) is 2.43. The molecule has 0 aliphatic carbocycles. The Morgan fingerprint density at radius 2 is 1.58 bits per heavy atom. The number of piperidine rings is 1. The monoisotopic (exact) mass is 175 g/mol. The molecule has 0 spiro atoms. The lowest BCUT2D eigenvalue weighted by molar-refractivity contribution is 0.241. The summed E-state index contributed by atoms with van der Waals surface area (Å²) in [6.07, 6.45) is 4.22. The SMILES string of the molecule is C1CCNCC1.NNC(=O)NN. The average Bonchev–Trinajstić information content (AvgIpc) is 2.20. The van der Waals surface area contributed by atoms with Gasteiger partial charge in [0, 0.05) is 0 Å². The molecule has 0 unspecified atom stereocenters. The minimum atomic E-state index is -0.602. The molecule has 2 amide bonds. The molecule has 1 aliphatic rings. The molecule has 6 heteroatoms. The van der Waals surface area contributed by atoms with E-state index >= 15 is 0 Å². The third kappa shape index (κ3) is 7.26. The molecule has 1 aliphatic heterocycles. The van der Waals surface area contributed by atoms with E-state index in [1.54, 1.807) is 10.9 Å². The topological polar surface area (TPSA) is 105 Å². The van der Waals surface area contributed by atoms with Crippen molar-refractivity contribution in [2.24, 2.45) is 11.7 Å². The van der Waals surface area contributed by atoms with E-state index in [0.717, 1.165) is 0 Å². The molecule has 1 fully saturated rings. The van der Waals surface area contributed by atoms with Crippen LogP contribution >= 0.6 is 0 Å². The normalized spacial score (nSPS) is 15.5. The predicted molar refractivity (Wildman–Crippen MR) is 46.8 cm³/mol. The van der Waals surface area contributed by atoms with Crippen molar-refractivity contribution in [3.05, 3.63) is 0 Å². The van der Waals surface area contributed by atoms with Gasteiger partial charge in [-0.2, -0.15) is 0 Å². The van der Waals surface area contributed by atoms with Crippen LogP contribution in [0.5, 0.6) is 0 Å². The zero-order valence-electron chi connectivity index (χ0n) is 7.10. The van der Waals surface area contributed by atoms with Gasteiger partial charge in [-0.05, 0) is 25.9 Å². The summed E-state index contributed by atoms with van der Waals surface area (Å²) in [7, 11) is 0. The first kappa shape index (κ1) is 11.2. The van der Waals surface area contributed by atoms with Crippen LogP contribution in [0.2, 0.25) is 0 Å². The summed E-state index contributed by atoms with van der Waals surface area (Å²) in [5, 5.41) is 3.28. The van der Waals surface area contributed by atoms with Gasteiger partial charge in [-0.15, -0.1) is 0 Å². The molecule has 0 saturated carbocycles. The molecule has 12 heavy (non-hydrogen) atoms. The molecule has 0 aromatic carbocycles. The number of hydrogen-bond acceptors (Lipinski definition) is 4. The smallest absolute Gasteiger partial charge is 0.317 e. The zero-order chi connectivity index (χ0) is 9.23. The van der Waals surface area contributed by atoms with E-state index in [0.29, 0.717) is 0 Å². The van der Waals surface area contributed by atoms with Crippen LogP contribution in [0.3, 0.4) is 0 Å². The number of nitrogens with two attached hydrogens (primary N) is 2. The number of hydrogen-bond donors (Lipinski definition) is 5. The fourth-order valence-corrected chi connectivity index (χ4v) is 0.843. The molecule has 7 N–H and O–H groups in total. The van der Waals surface area contributed by atoms with Gasteiger partial charge in [-0.25, -0.2) is 16.5 Å². The van der Waals surface area contributed by atoms with Gasteiger partial charge in [-0.1, -0.05) is 6.42 Å². The Morgan fingerprint density at radius 3 is 1.67 bits per heavy atom. The van der Waals surface area contributed by atoms with Gasteiger partial charge in [0.25, 0.3) is 0 Å². The summed E-state index contributed by atoms with van der Waals surface area (Å²) in [5.74, 6) is 9.08. The minimum absolute atomic E-state index is 0.602. The number of carbonyl (C=O) groups is 1. The molecular formula is C6H17N5O. The maximum Gasteiger partial charge on any atom is 0.343 e. The zero-order valence-corrected chi connectivity index (χ0v) is 7.10. The first-order valence-corrected chi connectivity index (χ1v) is 3.99. The highest BCUT2D eigenvalue weighted by Crippen LogP contribution is 1.96. The molecule has 1 saturated heterocycles. The highest BCUT2D eigenvalue weighted by Gasteiger charge is 1.93. The lowest BCUT2D eigenvalue weighted by atomic mass is 10.2. The van der Waals surface area contributed by atoms with Crippen molar-refractivity contribution in [1.29, 1.82) is 0 Å². The van der Waals surface area contributed by atoms with Crippen LogP contribution in [0, 0.1) is 0 Å². The molecule has 0 bridgehead atoms. The number of carbonyl (C=O) groups excluding carboxylic acids is 1. The van der Waals surface area contributed by atoms with E-state index in [1.807, 2.05) is 0 Å². The fourth-order valence-electron chi connectivity index (χ4n) is 0.843. The summed E-state index contributed by atoms with van der Waals surface area (Å²) in [4.78, 5) is 9.71. The van der Waals surface area contributed by atoms with Crippen molar-refractivity contribution in [1.82, 2.24) is 16.2 Å². The van der Waals surface area contributed by atoms with E-state index in [-0.39, 0.29) is 0 Å². The van der Waals surface area contributed by atoms with Gasteiger partial charge in [0.15, 0.2) is 0 Å². The molecule has 0 atom stereocenters. The standard InChI is InChI=1S/C5H11N.CH6N4O/c1-2-4-6-5-3-1;2-4-1(6)5-3/h6H,1-5H2;2-3H2,(H2,4,5,6). The molecule has 0 aromatic heterocycles. The van der Waals surface area contributed by atoms with E-state index < -0.39 is 6.03 Å². The Labute approximate surface area is 72.0 Å². The number of rotatable bonds is 0. The highest BCUT2D eigenvalue weighted by molar-refractivity contribution is 5.72. The summed E-state index contributed by atoms with van der Waals surface area (Å²) < 4.78 is 0. The van der Waals surface area contributed by atoms with Crippen molar-refractivity contribution in [2.45, 2.75) is 19.3 Å². The van der Waals surface area contributed by atoms with Crippen LogP contribution in [-0.2, 0) is 0 Å². The van der Waals surface area contributed by atoms with E-state index in [9.17, 15) is 4.79 Å². The number of urea groups is 1. The Hall–Kier alpha value is -0.850. The van der Waals surface area contributed by atoms with Crippen molar-refractivity contribution in [3.8, 4) is 0 Å². The predicted octanol–water partition coefficient (Wildman–Crippen LogP) is -1.21. The number of nitrogens with one attached hydrogen (secondary N) is 3. The van der Waals surface area contributed by atoms with Crippen LogP contribution in [0.25, 0.3) is 0 Å². The van der Waals surface area contributed by atoms with Gasteiger partial charge < -0.3 is 5.32 Å². The lowest BCUT2D eigenvalue weighted by Crippen LogP contribution is -2.43. The molecule has 0 aromatic rings. The largest absolute Gasteiger partial charge is 0.343 e. The second-order valence-electron chi connectivity index (χ2n) is 2.43. The van der Waals surface area contributed by atoms with Crippen LogP contribution < -0.4 is 27.9 Å². The van der Waals surface area contributed by atoms with Gasteiger partial charge in [0.2, 0.25) is 0 Å². The summed E-state index contributed by atoms with van der Waals surface area (Å²) >= 11 is 0. The molecule has 72 valence electrons. The van der Waals surface area contributed by atoms with Crippen LogP contribution in [0.1, 0.15) is 19.3 Å². The van der Waals surface area contributed by atoms with E-state index in [1.165, 1.54) is 32.4 Å². The Bertz CT molecular complexity index is 97.0. The fraction of sp³-hybridized carbons (Fsp3) is 0.833. The van der Waals surface area contributed by atoms with Crippen molar-refractivity contribution >= 4 is 6.03 Å². The first-order valence-electron chi connectivity index (χ1n) is 3.99. The number of amides is 2. The van der Waals surface area contributed by atoms with Gasteiger partial charge >= 0.3 is 6.03 Å². The quantitative estimate of drug-likeness (QED) is 0.181. The Balaban J connectivity index is 0.000000202. The minimum Gasteiger partial charge on any atom is -0.317 e. The highest BCUT2D eigenvalue weighted by atomic mass is 16.2. The maximum absolute atomic E-state index is 9.71. The Kier molecular flexibility index (Phi) is 7.66. The molecule has 0 radical (unpaired) electrons. The first-order chi connectivity index (χ1) is 5.81. The third-order valence-corrected chi connectivity index (χ3v) is 1.47. The Morgan fingerprint density at radius 1 is 1.08 bits per heavy atom. The van der Waals surface area contributed by atoms with Crippen molar-refractivity contribution < 1.29 is 4.79 Å². The summed E-state index contributed by atoms with van der Waals surface area (Å²) in [6.45, 7) is 2.50. The van der Waals surface area contributed by atoms with Crippen LogP contribution in [0.4, 0.5) is 4.79 Å². The van der Waals surface area contributed by atoms with Gasteiger partial charge in [0.05, 0.1) is 0 Å². The maximum atomic E-state index is 9.71. The summed E-state index contributed by atoms with van der Waals surface area (Å²) in [5.41, 5.74) is 3.48. The van der Waals surface area contributed by atoms with E-state index in [4.69, 9.17) is 0 Å². The van der Waals surface area contributed by atoms with Crippen molar-refractivity contribution in [2.75, 3.05) is 13.1 Å². The number of hydrazine groups is 2. The average molecular weight is 175 g/mol. The molecule has 1 heterocycles. The second kappa shape index (κ2) is 8.25. The molecule has 6 nitrogen and oxygen atoms in total. The molecular weight excluding hydrogens is 158 g/mol. The molecule has 1 rings (SSSR count). The van der Waals surface area contributed by atoms with E-state index in [2.05, 4.69) is 17.0 Å². The van der Waals surface area contributed by atoms with Crippen molar-refractivity contribution in [3.63, 3.8) is 0 Å². The van der Waals surface area contributed by atoms with Gasteiger partial charge in [-0.3, -0.25) is 10.9 Å². The lowest BCUT2D eigenvalue weighted by Gasteiger charge is -2.08.